The molecule has 0 spiro atoms. The Labute approximate surface area is 68.6 Å². The van der Waals surface area contributed by atoms with Gasteiger partial charge in [-0.3, -0.25) is 0 Å². The summed E-state index contributed by atoms with van der Waals surface area (Å²) in [6.07, 6.45) is 0.0231. The first kappa shape index (κ1) is 13.4. The van der Waals surface area contributed by atoms with E-state index in [0.717, 1.165) is 6.54 Å². The van der Waals surface area contributed by atoms with Crippen molar-refractivity contribution in [3.63, 3.8) is 0 Å². The molecular weight excluding hydrogens is 144 g/mol. The molecule has 4 nitrogen and oxygen atoms in total. The van der Waals surface area contributed by atoms with Crippen LogP contribution in [-0.2, 0) is 0 Å². The first-order valence-electron chi connectivity index (χ1n) is 3.73. The van der Waals surface area contributed by atoms with Crippen molar-refractivity contribution in [3.05, 3.63) is 0 Å². The summed E-state index contributed by atoms with van der Waals surface area (Å²) in [5, 5.41) is 16.3. The largest absolute Gasteiger partial charge is 0.395 e. The van der Waals surface area contributed by atoms with Crippen LogP contribution in [0.1, 0.15) is 13.3 Å². The molecule has 0 aromatic carbocycles. The first-order chi connectivity index (χ1) is 5.04. The lowest BCUT2D eigenvalue weighted by Gasteiger charge is -2.03. The van der Waals surface area contributed by atoms with Gasteiger partial charge in [-0.2, -0.15) is 0 Å². The molecule has 0 fully saturated rings. The fourth-order valence-electron chi connectivity index (χ4n) is 0.200. The van der Waals surface area contributed by atoms with E-state index in [4.69, 9.17) is 15.9 Å². The van der Waals surface area contributed by atoms with E-state index < -0.39 is 6.23 Å². The number of nitrogens with zero attached hydrogens (tertiary/aromatic N) is 1. The number of hydrogen-bond acceptors (Lipinski definition) is 4. The third kappa shape index (κ3) is 25.8. The second kappa shape index (κ2) is 9.84. The molecule has 11 heavy (non-hydrogen) atoms. The molecule has 1 atom stereocenters. The molecule has 0 aromatic heterocycles. The van der Waals surface area contributed by atoms with Crippen LogP contribution < -0.4 is 5.73 Å². The van der Waals surface area contributed by atoms with Gasteiger partial charge in [0.15, 0.2) is 0 Å². The molecule has 0 bridgehead atoms. The van der Waals surface area contributed by atoms with Crippen molar-refractivity contribution in [2.75, 3.05) is 27.2 Å². The molecule has 4 N–H and O–H groups in total. The van der Waals surface area contributed by atoms with Crippen molar-refractivity contribution in [3.8, 4) is 0 Å². The monoisotopic (exact) mass is 164 g/mol. The van der Waals surface area contributed by atoms with Crippen molar-refractivity contribution in [2.45, 2.75) is 19.6 Å². The Hall–Kier alpha value is -0.160. The third-order valence-corrected chi connectivity index (χ3v) is 0.965. The molecule has 0 aromatic rings. The molecule has 1 unspecified atom stereocenters. The summed E-state index contributed by atoms with van der Waals surface area (Å²) >= 11 is 0. The minimum absolute atomic E-state index is 0.257. The molecule has 0 rings (SSSR count). The molecule has 0 aliphatic heterocycles. The molecular formula is C7H20N2O2. The number of nitrogens with two attached hydrogens (primary N) is 1. The molecule has 70 valence electrons. The maximum Gasteiger partial charge on any atom is 0.102 e. The zero-order chi connectivity index (χ0) is 9.28. The summed E-state index contributed by atoms with van der Waals surface area (Å²) in [4.78, 5) is 1.93. The van der Waals surface area contributed by atoms with E-state index in [2.05, 4.69) is 0 Å². The van der Waals surface area contributed by atoms with Crippen LogP contribution in [0.2, 0.25) is 0 Å². The van der Waals surface area contributed by atoms with E-state index in [0.29, 0.717) is 6.42 Å². The molecule has 0 heterocycles. The highest BCUT2D eigenvalue weighted by Crippen LogP contribution is 1.72. The van der Waals surface area contributed by atoms with Crippen molar-refractivity contribution >= 4 is 0 Å². The van der Waals surface area contributed by atoms with Gasteiger partial charge in [-0.25, -0.2) is 0 Å². The standard InChI is InChI=1S/C4H11NO.C3H9NO/c1-5(2)3-4-6;1-2-3(4)5/h6H,3-4H2,1-2H3;3,5H,2,4H2,1H3. The second-order valence-corrected chi connectivity index (χ2v) is 2.50. The minimum atomic E-state index is -0.616. The van der Waals surface area contributed by atoms with Gasteiger partial charge in [-0.1, -0.05) is 6.92 Å². The fraction of sp³-hybridized carbons (Fsp3) is 1.00. The van der Waals surface area contributed by atoms with Crippen LogP contribution in [0.25, 0.3) is 0 Å². The minimum Gasteiger partial charge on any atom is -0.395 e. The van der Waals surface area contributed by atoms with Gasteiger partial charge in [-0.15, -0.1) is 0 Å². The summed E-state index contributed by atoms with van der Waals surface area (Å²) in [5.74, 6) is 0. The Morgan fingerprint density at radius 3 is 1.82 bits per heavy atom. The van der Waals surface area contributed by atoms with Crippen molar-refractivity contribution in [2.24, 2.45) is 5.73 Å². The van der Waals surface area contributed by atoms with Crippen molar-refractivity contribution < 1.29 is 10.2 Å². The molecule has 4 heteroatoms. The van der Waals surface area contributed by atoms with Crippen molar-refractivity contribution in [1.82, 2.24) is 4.90 Å². The summed E-state index contributed by atoms with van der Waals surface area (Å²) < 4.78 is 0. The van der Waals surface area contributed by atoms with Gasteiger partial charge < -0.3 is 20.8 Å². The molecule has 0 radical (unpaired) electrons. The van der Waals surface area contributed by atoms with E-state index >= 15 is 0 Å². The van der Waals surface area contributed by atoms with Gasteiger partial charge in [0.2, 0.25) is 0 Å². The van der Waals surface area contributed by atoms with Gasteiger partial charge >= 0.3 is 0 Å². The highest BCUT2D eigenvalue weighted by atomic mass is 16.3. The van der Waals surface area contributed by atoms with Gasteiger partial charge in [-0.05, 0) is 20.5 Å². The fourth-order valence-corrected chi connectivity index (χ4v) is 0.200. The van der Waals surface area contributed by atoms with Crippen LogP contribution in [0.3, 0.4) is 0 Å². The molecule has 0 saturated carbocycles. The number of aliphatic hydroxyl groups excluding tert-OH is 2. The van der Waals surface area contributed by atoms with Gasteiger partial charge in [0.05, 0.1) is 6.61 Å². The Balaban J connectivity index is 0. The zero-order valence-electron chi connectivity index (χ0n) is 7.62. The highest BCUT2D eigenvalue weighted by molar-refractivity contribution is 4.34. The highest BCUT2D eigenvalue weighted by Gasteiger charge is 1.81. The summed E-state index contributed by atoms with van der Waals surface area (Å²) in [7, 11) is 3.85. The van der Waals surface area contributed by atoms with E-state index in [1.165, 1.54) is 0 Å². The van der Waals surface area contributed by atoms with E-state index in [1.54, 1.807) is 0 Å². The lowest BCUT2D eigenvalue weighted by Crippen LogP contribution is -2.16. The Bertz CT molecular complexity index is 67.5. The lowest BCUT2D eigenvalue weighted by atomic mass is 10.5. The SMILES string of the molecule is CCC(N)O.CN(C)CCO. The average Bonchev–Trinajstić information content (AvgIpc) is 1.89. The number of rotatable bonds is 3. The van der Waals surface area contributed by atoms with E-state index in [9.17, 15) is 0 Å². The summed E-state index contributed by atoms with van der Waals surface area (Å²) in [5.41, 5.74) is 4.85. The molecule has 0 amide bonds. The smallest absolute Gasteiger partial charge is 0.102 e. The Kier molecular flexibility index (Phi) is 12.0. The quantitative estimate of drug-likeness (QED) is 0.478. The second-order valence-electron chi connectivity index (χ2n) is 2.50. The average molecular weight is 164 g/mol. The van der Waals surface area contributed by atoms with Gasteiger partial charge in [0.25, 0.3) is 0 Å². The van der Waals surface area contributed by atoms with Crippen LogP contribution in [0.15, 0.2) is 0 Å². The van der Waals surface area contributed by atoms with E-state index in [-0.39, 0.29) is 6.61 Å². The predicted octanol–water partition coefficient (Wildman–Crippen LogP) is -0.786. The summed E-state index contributed by atoms with van der Waals surface area (Å²) in [6.45, 7) is 2.84. The number of aliphatic hydroxyl groups is 2. The van der Waals surface area contributed by atoms with Crippen LogP contribution in [-0.4, -0.2) is 48.6 Å². The molecule has 0 aliphatic carbocycles. The van der Waals surface area contributed by atoms with Crippen LogP contribution in [0.4, 0.5) is 0 Å². The van der Waals surface area contributed by atoms with Gasteiger partial charge in [0, 0.05) is 6.54 Å². The summed E-state index contributed by atoms with van der Waals surface area (Å²) in [6, 6.07) is 0. The molecule has 0 aliphatic rings. The Morgan fingerprint density at radius 2 is 1.82 bits per heavy atom. The predicted molar refractivity (Wildman–Crippen MR) is 46.1 cm³/mol. The van der Waals surface area contributed by atoms with Crippen LogP contribution >= 0.6 is 0 Å². The maximum atomic E-state index is 8.20. The maximum absolute atomic E-state index is 8.20. The number of likely N-dealkylation sites (N-methyl/N-ethyl adjacent to an activating group) is 1. The lowest BCUT2D eigenvalue weighted by molar-refractivity contribution is 0.178. The van der Waals surface area contributed by atoms with E-state index in [1.807, 2.05) is 25.9 Å². The van der Waals surface area contributed by atoms with Gasteiger partial charge in [0.1, 0.15) is 6.23 Å². The third-order valence-electron chi connectivity index (χ3n) is 0.965. The van der Waals surface area contributed by atoms with Crippen LogP contribution in [0, 0.1) is 0 Å². The van der Waals surface area contributed by atoms with Crippen molar-refractivity contribution in [1.29, 1.82) is 0 Å². The number of hydrogen-bond donors (Lipinski definition) is 3. The Morgan fingerprint density at radius 1 is 1.45 bits per heavy atom. The zero-order valence-corrected chi connectivity index (χ0v) is 7.62. The van der Waals surface area contributed by atoms with Crippen LogP contribution in [0.5, 0.6) is 0 Å². The molecule has 0 saturated heterocycles. The topological polar surface area (TPSA) is 69.7 Å². The first-order valence-corrected chi connectivity index (χ1v) is 3.73. The normalized spacial score (nSPS) is 12.3.